The number of H-pyrrole nitrogens is 1. The predicted octanol–water partition coefficient (Wildman–Crippen LogP) is -1.78. The molecular formula is C11H15N5O5S. The summed E-state index contributed by atoms with van der Waals surface area (Å²) >= 11 is 3.97. The molecule has 1 aliphatic heterocycles. The van der Waals surface area contributed by atoms with E-state index in [4.69, 9.17) is 15.2 Å². The van der Waals surface area contributed by atoms with Crippen molar-refractivity contribution in [3.63, 3.8) is 0 Å². The van der Waals surface area contributed by atoms with Crippen molar-refractivity contribution < 1.29 is 19.7 Å². The normalized spacial score (nSPS) is 28.5. The molecule has 0 bridgehead atoms. The largest absolute Gasteiger partial charge is 0.394 e. The minimum Gasteiger partial charge on any atom is -0.394 e. The highest BCUT2D eigenvalue weighted by Crippen LogP contribution is 2.33. The van der Waals surface area contributed by atoms with E-state index in [2.05, 4.69) is 27.6 Å². The Morgan fingerprint density at radius 2 is 2.36 bits per heavy atom. The molecule has 3 rings (SSSR count). The van der Waals surface area contributed by atoms with Crippen LogP contribution in [0.3, 0.4) is 0 Å². The maximum absolute atomic E-state index is 11.8. The first-order valence-corrected chi connectivity index (χ1v) is 7.09. The third-order valence-corrected chi connectivity index (χ3v) is 3.63. The van der Waals surface area contributed by atoms with E-state index >= 15 is 0 Å². The summed E-state index contributed by atoms with van der Waals surface area (Å²) in [7, 11) is 0. The van der Waals surface area contributed by atoms with Crippen LogP contribution in [-0.2, 0) is 9.47 Å². The molecule has 11 heteroatoms. The van der Waals surface area contributed by atoms with Crippen LogP contribution in [0.25, 0.3) is 11.2 Å². The van der Waals surface area contributed by atoms with Crippen LogP contribution in [0.4, 0.5) is 5.95 Å². The van der Waals surface area contributed by atoms with Gasteiger partial charge in [0.2, 0.25) is 5.95 Å². The lowest BCUT2D eigenvalue weighted by molar-refractivity contribution is -0.0606. The lowest BCUT2D eigenvalue weighted by atomic mass is 10.1. The highest BCUT2D eigenvalue weighted by Gasteiger charge is 2.45. The van der Waals surface area contributed by atoms with E-state index in [1.54, 1.807) is 0 Å². The molecule has 1 aliphatic rings. The van der Waals surface area contributed by atoms with Crippen molar-refractivity contribution in [1.29, 1.82) is 0 Å². The number of anilines is 1. The standard InChI is InChI=1S/C11H15N5O5S/c12-11-14-8-5(9(19)15-11)13-2-16(8)10-7(20-3-22)6(18)4(1-17)21-10/h2,4,6-7,10,17-18,22H,1,3H2,(H3,12,14,15,19)/t4-,6+,7-,10-/m1/s1. The maximum atomic E-state index is 11.8. The molecule has 120 valence electrons. The fraction of sp³-hybridized carbons (Fsp3) is 0.545. The van der Waals surface area contributed by atoms with Gasteiger partial charge in [0, 0.05) is 0 Å². The summed E-state index contributed by atoms with van der Waals surface area (Å²) in [6, 6.07) is 0. The molecule has 0 amide bonds. The Bertz CT molecular complexity index is 733. The topological polar surface area (TPSA) is 149 Å². The number of fused-ring (bicyclic) bond motifs is 1. The zero-order valence-corrected chi connectivity index (χ0v) is 12.2. The van der Waals surface area contributed by atoms with Gasteiger partial charge in [-0.3, -0.25) is 14.3 Å². The summed E-state index contributed by atoms with van der Waals surface area (Å²) < 4.78 is 12.4. The number of nitrogen functional groups attached to an aromatic ring is 1. The molecule has 0 unspecified atom stereocenters. The first-order chi connectivity index (χ1) is 10.6. The summed E-state index contributed by atoms with van der Waals surface area (Å²) in [5, 5.41) is 19.4. The van der Waals surface area contributed by atoms with Crippen molar-refractivity contribution in [3.8, 4) is 0 Å². The monoisotopic (exact) mass is 329 g/mol. The lowest BCUT2D eigenvalue weighted by Crippen LogP contribution is -2.35. The summed E-state index contributed by atoms with van der Waals surface area (Å²) in [6.07, 6.45) is -2.16. The van der Waals surface area contributed by atoms with Crippen LogP contribution in [0.5, 0.6) is 0 Å². The van der Waals surface area contributed by atoms with E-state index < -0.39 is 30.1 Å². The van der Waals surface area contributed by atoms with E-state index in [1.807, 2.05) is 0 Å². The number of thiol groups is 1. The number of aliphatic hydroxyl groups is 2. The van der Waals surface area contributed by atoms with Gasteiger partial charge in [-0.05, 0) is 0 Å². The van der Waals surface area contributed by atoms with Crippen LogP contribution in [0.15, 0.2) is 11.1 Å². The Kier molecular flexibility index (Phi) is 4.06. The lowest BCUT2D eigenvalue weighted by Gasteiger charge is -2.21. The van der Waals surface area contributed by atoms with E-state index in [1.165, 1.54) is 10.9 Å². The molecular weight excluding hydrogens is 314 g/mol. The van der Waals surface area contributed by atoms with Gasteiger partial charge in [0.05, 0.1) is 18.9 Å². The molecule has 0 aromatic carbocycles. The molecule has 2 aromatic rings. The fourth-order valence-electron chi connectivity index (χ4n) is 2.49. The summed E-state index contributed by atoms with van der Waals surface area (Å²) in [5.41, 5.74) is 5.35. The van der Waals surface area contributed by atoms with E-state index in [0.717, 1.165) is 0 Å². The smallest absolute Gasteiger partial charge is 0.280 e. The van der Waals surface area contributed by atoms with Gasteiger partial charge in [0.1, 0.15) is 18.3 Å². The average molecular weight is 329 g/mol. The van der Waals surface area contributed by atoms with Crippen LogP contribution < -0.4 is 11.3 Å². The number of nitrogens with two attached hydrogens (primary N) is 1. The Labute approximate surface area is 129 Å². The molecule has 3 heterocycles. The minimum atomic E-state index is -1.06. The third-order valence-electron chi connectivity index (χ3n) is 3.48. The van der Waals surface area contributed by atoms with Gasteiger partial charge in [0.15, 0.2) is 17.4 Å². The van der Waals surface area contributed by atoms with Gasteiger partial charge in [-0.15, -0.1) is 0 Å². The van der Waals surface area contributed by atoms with E-state index in [0.29, 0.717) is 0 Å². The van der Waals surface area contributed by atoms with Crippen molar-refractivity contribution in [3.05, 3.63) is 16.7 Å². The summed E-state index contributed by atoms with van der Waals surface area (Å²) in [6.45, 7) is -0.382. The van der Waals surface area contributed by atoms with Crippen molar-refractivity contribution in [2.24, 2.45) is 0 Å². The number of aromatic nitrogens is 4. The van der Waals surface area contributed by atoms with E-state index in [9.17, 15) is 15.0 Å². The maximum Gasteiger partial charge on any atom is 0.280 e. The van der Waals surface area contributed by atoms with Crippen LogP contribution >= 0.6 is 12.6 Å². The van der Waals surface area contributed by atoms with Crippen molar-refractivity contribution in [2.45, 2.75) is 24.5 Å². The van der Waals surface area contributed by atoms with Crippen LogP contribution in [-0.4, -0.2) is 60.6 Å². The number of aliphatic hydroxyl groups excluding tert-OH is 2. The Morgan fingerprint density at radius 3 is 3.05 bits per heavy atom. The van der Waals surface area contributed by atoms with Crippen molar-refractivity contribution >= 4 is 29.7 Å². The molecule has 1 fully saturated rings. The molecule has 0 saturated carbocycles. The highest BCUT2D eigenvalue weighted by molar-refractivity contribution is 7.80. The quantitative estimate of drug-likeness (QED) is 0.327. The van der Waals surface area contributed by atoms with Crippen molar-refractivity contribution in [2.75, 3.05) is 18.3 Å². The number of nitrogens with zero attached hydrogens (tertiary/aromatic N) is 3. The predicted molar refractivity (Wildman–Crippen MR) is 78.3 cm³/mol. The highest BCUT2D eigenvalue weighted by atomic mass is 32.1. The number of aromatic amines is 1. The number of nitrogens with one attached hydrogen (secondary N) is 1. The molecule has 22 heavy (non-hydrogen) atoms. The van der Waals surface area contributed by atoms with Crippen LogP contribution in [0.2, 0.25) is 0 Å². The number of hydrogen-bond acceptors (Lipinski definition) is 9. The van der Waals surface area contributed by atoms with Gasteiger partial charge >= 0.3 is 0 Å². The summed E-state index contributed by atoms with van der Waals surface area (Å²) in [4.78, 5) is 22.2. The Morgan fingerprint density at radius 1 is 1.59 bits per heavy atom. The Balaban J connectivity index is 2.07. The molecule has 10 nitrogen and oxygen atoms in total. The first-order valence-electron chi connectivity index (χ1n) is 6.46. The minimum absolute atomic E-state index is 0.0442. The third kappa shape index (κ3) is 2.36. The van der Waals surface area contributed by atoms with Gasteiger partial charge in [-0.2, -0.15) is 17.6 Å². The Hall–Kier alpha value is -1.66. The van der Waals surface area contributed by atoms with Gasteiger partial charge < -0.3 is 25.4 Å². The van der Waals surface area contributed by atoms with Gasteiger partial charge in [-0.1, -0.05) is 0 Å². The second-order valence-corrected chi connectivity index (χ2v) is 5.03. The molecule has 0 spiro atoms. The van der Waals surface area contributed by atoms with Crippen LogP contribution in [0, 0.1) is 0 Å². The first kappa shape index (κ1) is 15.2. The average Bonchev–Trinajstić information content (AvgIpc) is 3.02. The molecule has 4 atom stereocenters. The zero-order chi connectivity index (χ0) is 15.9. The number of ether oxygens (including phenoxy) is 2. The van der Waals surface area contributed by atoms with E-state index in [-0.39, 0.29) is 29.7 Å². The van der Waals surface area contributed by atoms with Crippen molar-refractivity contribution in [1.82, 2.24) is 19.5 Å². The molecule has 0 radical (unpaired) electrons. The summed E-state index contributed by atoms with van der Waals surface area (Å²) in [5.74, 6) is -0.0223. The SMILES string of the molecule is Nc1nc2c(ncn2[C@@H]2O[C@H](CO)[C@H](O)[C@H]2OCS)c(=O)[nH]1. The molecule has 0 aliphatic carbocycles. The second kappa shape index (κ2) is 5.85. The number of hydrogen-bond donors (Lipinski definition) is 5. The van der Waals surface area contributed by atoms with Gasteiger partial charge in [0.25, 0.3) is 5.56 Å². The van der Waals surface area contributed by atoms with Gasteiger partial charge in [-0.25, -0.2) is 4.98 Å². The molecule has 1 saturated heterocycles. The second-order valence-electron chi connectivity index (χ2n) is 4.77. The molecule has 2 aromatic heterocycles. The molecule has 5 N–H and O–H groups in total. The number of imidazole rings is 1. The fourth-order valence-corrected chi connectivity index (χ4v) is 2.66. The van der Waals surface area contributed by atoms with Crippen LogP contribution in [0.1, 0.15) is 6.23 Å². The zero-order valence-electron chi connectivity index (χ0n) is 11.3. The number of rotatable bonds is 4.